The number of benzene rings is 1. The van der Waals surface area contributed by atoms with Crippen LogP contribution in [0.3, 0.4) is 0 Å². The summed E-state index contributed by atoms with van der Waals surface area (Å²) in [4.78, 5) is 13.7. The van der Waals surface area contributed by atoms with Crippen molar-refractivity contribution in [1.82, 2.24) is 0 Å². The van der Waals surface area contributed by atoms with E-state index in [4.69, 9.17) is 16.4 Å². The maximum absolute atomic E-state index is 12.4. The van der Waals surface area contributed by atoms with Crippen molar-refractivity contribution in [2.24, 2.45) is 0 Å². The first-order valence-electron chi connectivity index (χ1n) is 5.82. The van der Waals surface area contributed by atoms with Crippen LogP contribution in [-0.2, 0) is 15.1 Å². The zero-order valence-electron chi connectivity index (χ0n) is 10.7. The highest BCUT2D eigenvalue weighted by Crippen LogP contribution is 2.43. The third kappa shape index (κ3) is 1.86. The van der Waals surface area contributed by atoms with E-state index in [9.17, 15) is 9.90 Å². The van der Waals surface area contributed by atoms with E-state index in [2.05, 4.69) is 12.5 Å². The molecule has 2 rings (SSSR count). The normalized spacial score (nSPS) is 20.1. The van der Waals surface area contributed by atoms with Crippen molar-refractivity contribution in [3.63, 3.8) is 0 Å². The van der Waals surface area contributed by atoms with Crippen molar-refractivity contribution in [2.45, 2.75) is 5.60 Å². The van der Waals surface area contributed by atoms with Gasteiger partial charge in [-0.25, -0.2) is 0 Å². The van der Waals surface area contributed by atoms with Crippen molar-refractivity contribution in [2.75, 3.05) is 18.2 Å². The zero-order chi connectivity index (χ0) is 14.8. The molecule has 1 heterocycles. The molecule has 1 atom stereocenters. The summed E-state index contributed by atoms with van der Waals surface area (Å²) in [5.74, 6) is 1.63. The number of para-hydroxylation sites is 1. The second-order valence-electron chi connectivity index (χ2n) is 4.23. The topological polar surface area (TPSA) is 73.6 Å². The van der Waals surface area contributed by atoms with E-state index in [1.54, 1.807) is 30.3 Å². The van der Waals surface area contributed by atoms with E-state index in [0.717, 1.165) is 0 Å². The predicted molar refractivity (Wildman–Crippen MR) is 72.2 cm³/mol. The maximum Gasteiger partial charge on any atom is 0.271 e. The summed E-state index contributed by atoms with van der Waals surface area (Å²) in [5, 5.41) is 19.6. The van der Waals surface area contributed by atoms with Gasteiger partial charge in [0.1, 0.15) is 13.3 Å². The Morgan fingerprint density at radius 1 is 1.55 bits per heavy atom. The Balaban J connectivity index is 2.46. The summed E-state index contributed by atoms with van der Waals surface area (Å²) >= 11 is 0. The Morgan fingerprint density at radius 3 is 2.90 bits per heavy atom. The van der Waals surface area contributed by atoms with Crippen LogP contribution in [0.25, 0.3) is 0 Å². The lowest BCUT2D eigenvalue weighted by molar-refractivity contribution is -0.133. The number of terminal acetylenes is 1. The van der Waals surface area contributed by atoms with Gasteiger partial charge in [0.2, 0.25) is 5.60 Å². The molecule has 0 saturated carbocycles. The summed E-state index contributed by atoms with van der Waals surface area (Å²) < 4.78 is 5.15. The Bertz CT molecular complexity index is 654. The standard InChI is InChI=1S/C15H12N2O3/c1-3-8-20-10-17-13-7-5-4-6-12(13)15(19,14(17)18)11(2)9-16/h1,4-7,19H,2,8,10H2. The smallest absolute Gasteiger partial charge is 0.271 e. The van der Waals surface area contributed by atoms with Gasteiger partial charge in [-0.2, -0.15) is 5.26 Å². The largest absolute Gasteiger partial charge is 0.371 e. The number of fused-ring (bicyclic) bond motifs is 1. The van der Waals surface area contributed by atoms with Crippen LogP contribution in [0.1, 0.15) is 5.56 Å². The number of hydrogen-bond acceptors (Lipinski definition) is 4. The molecule has 1 aliphatic rings. The van der Waals surface area contributed by atoms with Crippen molar-refractivity contribution < 1.29 is 14.6 Å². The summed E-state index contributed by atoms with van der Waals surface area (Å²) in [7, 11) is 0. The molecule has 0 saturated heterocycles. The molecular formula is C15H12N2O3. The van der Waals surface area contributed by atoms with Crippen LogP contribution in [0.5, 0.6) is 0 Å². The molecule has 1 aromatic rings. The molecule has 1 aliphatic heterocycles. The minimum absolute atomic E-state index is 0.0452. The number of rotatable bonds is 4. The van der Waals surface area contributed by atoms with E-state index in [0.29, 0.717) is 11.3 Å². The fraction of sp³-hybridized carbons (Fsp3) is 0.200. The zero-order valence-corrected chi connectivity index (χ0v) is 10.7. The van der Waals surface area contributed by atoms with Crippen LogP contribution < -0.4 is 4.90 Å². The molecule has 1 unspecified atom stereocenters. The average molecular weight is 268 g/mol. The Hall–Kier alpha value is -2.60. The first-order valence-corrected chi connectivity index (χ1v) is 5.82. The number of carbonyl (C=O) groups is 1. The molecule has 1 amide bonds. The van der Waals surface area contributed by atoms with Crippen LogP contribution in [0.2, 0.25) is 0 Å². The molecule has 0 aromatic heterocycles. The second kappa shape index (κ2) is 5.18. The summed E-state index contributed by atoms with van der Waals surface area (Å²) in [6.07, 6.45) is 5.08. The molecule has 5 nitrogen and oxygen atoms in total. The number of aliphatic hydroxyl groups is 1. The molecule has 100 valence electrons. The summed E-state index contributed by atoms with van der Waals surface area (Å²) in [6, 6.07) is 8.38. The van der Waals surface area contributed by atoms with Gasteiger partial charge in [-0.05, 0) is 6.07 Å². The van der Waals surface area contributed by atoms with E-state index < -0.39 is 11.5 Å². The highest BCUT2D eigenvalue weighted by molar-refractivity contribution is 6.09. The highest BCUT2D eigenvalue weighted by Gasteiger charge is 2.52. The molecule has 20 heavy (non-hydrogen) atoms. The van der Waals surface area contributed by atoms with Crippen molar-refractivity contribution in [3.8, 4) is 18.4 Å². The van der Waals surface area contributed by atoms with Crippen molar-refractivity contribution >= 4 is 11.6 Å². The van der Waals surface area contributed by atoms with Gasteiger partial charge in [-0.15, -0.1) is 6.42 Å². The highest BCUT2D eigenvalue weighted by atomic mass is 16.5. The quantitative estimate of drug-likeness (QED) is 0.500. The van der Waals surface area contributed by atoms with Crippen LogP contribution in [0.15, 0.2) is 36.4 Å². The SMILES string of the molecule is C#CCOCN1C(=O)C(O)(C(=C)C#N)c2ccccc21. The molecule has 0 bridgehead atoms. The lowest BCUT2D eigenvalue weighted by Gasteiger charge is -2.21. The van der Waals surface area contributed by atoms with Gasteiger partial charge < -0.3 is 9.84 Å². The van der Waals surface area contributed by atoms with Gasteiger partial charge in [-0.3, -0.25) is 9.69 Å². The summed E-state index contributed by atoms with van der Waals surface area (Å²) in [6.45, 7) is 3.42. The van der Waals surface area contributed by atoms with Gasteiger partial charge in [-0.1, -0.05) is 30.7 Å². The van der Waals surface area contributed by atoms with E-state index in [-0.39, 0.29) is 18.9 Å². The van der Waals surface area contributed by atoms with Crippen molar-refractivity contribution in [1.29, 1.82) is 5.26 Å². The number of carbonyl (C=O) groups excluding carboxylic acids is 1. The Labute approximate surface area is 116 Å². The minimum Gasteiger partial charge on any atom is -0.371 e. The molecule has 0 aliphatic carbocycles. The number of hydrogen-bond donors (Lipinski definition) is 1. The minimum atomic E-state index is -2.04. The van der Waals surface area contributed by atoms with Crippen LogP contribution in [0, 0.1) is 23.7 Å². The average Bonchev–Trinajstić information content (AvgIpc) is 2.70. The first kappa shape index (κ1) is 13.8. The third-order valence-electron chi connectivity index (χ3n) is 3.12. The lowest BCUT2D eigenvalue weighted by Crippen LogP contribution is -2.42. The van der Waals surface area contributed by atoms with Gasteiger partial charge in [0, 0.05) is 5.56 Å². The number of nitriles is 1. The first-order chi connectivity index (χ1) is 9.57. The lowest BCUT2D eigenvalue weighted by atomic mass is 9.89. The van der Waals surface area contributed by atoms with Crippen LogP contribution in [-0.4, -0.2) is 24.4 Å². The van der Waals surface area contributed by atoms with Gasteiger partial charge in [0.15, 0.2) is 0 Å². The fourth-order valence-corrected chi connectivity index (χ4v) is 2.13. The fourth-order valence-electron chi connectivity index (χ4n) is 2.13. The molecule has 0 fully saturated rings. The van der Waals surface area contributed by atoms with Gasteiger partial charge in [0.05, 0.1) is 17.3 Å². The second-order valence-corrected chi connectivity index (χ2v) is 4.23. The molecule has 5 heteroatoms. The maximum atomic E-state index is 12.4. The number of anilines is 1. The molecule has 1 aromatic carbocycles. The molecular weight excluding hydrogens is 256 g/mol. The molecule has 1 N–H and O–H groups in total. The number of amides is 1. The number of ether oxygens (including phenoxy) is 1. The molecule has 0 radical (unpaired) electrons. The van der Waals surface area contributed by atoms with Crippen molar-refractivity contribution in [3.05, 3.63) is 42.0 Å². The Kier molecular flexibility index (Phi) is 3.58. The van der Waals surface area contributed by atoms with Crippen LogP contribution >= 0.6 is 0 Å². The van der Waals surface area contributed by atoms with E-state index in [1.807, 2.05) is 0 Å². The van der Waals surface area contributed by atoms with E-state index in [1.165, 1.54) is 4.90 Å². The van der Waals surface area contributed by atoms with Crippen LogP contribution in [0.4, 0.5) is 5.69 Å². The Morgan fingerprint density at radius 2 is 2.25 bits per heavy atom. The van der Waals surface area contributed by atoms with Gasteiger partial charge in [0.25, 0.3) is 5.91 Å². The van der Waals surface area contributed by atoms with E-state index >= 15 is 0 Å². The predicted octanol–water partition coefficient (Wildman–Crippen LogP) is 0.908. The number of nitrogens with zero attached hydrogens (tertiary/aromatic N) is 2. The monoisotopic (exact) mass is 268 g/mol. The summed E-state index contributed by atoms with van der Waals surface area (Å²) in [5.41, 5.74) is -1.46. The van der Waals surface area contributed by atoms with Gasteiger partial charge >= 0.3 is 0 Å². The molecule has 0 spiro atoms. The third-order valence-corrected chi connectivity index (χ3v) is 3.12.